The molecule has 0 amide bonds. The Hall–Kier alpha value is -0.620. The molecule has 0 saturated carbocycles. The van der Waals surface area contributed by atoms with Crippen molar-refractivity contribution in [3.05, 3.63) is 0 Å². The van der Waals surface area contributed by atoms with E-state index in [1.54, 1.807) is 0 Å². The summed E-state index contributed by atoms with van der Waals surface area (Å²) in [5, 5.41) is 0. The summed E-state index contributed by atoms with van der Waals surface area (Å²) in [6.45, 7) is 6.42. The van der Waals surface area contributed by atoms with Crippen LogP contribution >= 0.6 is 0 Å². The van der Waals surface area contributed by atoms with Crippen LogP contribution in [0.4, 0.5) is 0 Å². The van der Waals surface area contributed by atoms with Gasteiger partial charge in [-0.3, -0.25) is 9.35 Å². The number of hydrogen-bond donors (Lipinski definition) is 1. The molecular weight excluding hydrogens is 232 g/mol. The van der Waals surface area contributed by atoms with Crippen LogP contribution in [-0.2, 0) is 19.6 Å². The van der Waals surface area contributed by atoms with Gasteiger partial charge in [-0.15, -0.1) is 0 Å². The van der Waals surface area contributed by atoms with Crippen molar-refractivity contribution in [2.24, 2.45) is 11.8 Å². The molecule has 96 valence electrons. The first-order chi connectivity index (χ1) is 7.20. The molecule has 0 aliphatic carbocycles. The van der Waals surface area contributed by atoms with Crippen molar-refractivity contribution >= 4 is 16.1 Å². The Kier molecular flexibility index (Phi) is 6.59. The molecule has 0 rings (SSSR count). The third-order valence-electron chi connectivity index (χ3n) is 1.97. The Morgan fingerprint density at radius 2 is 1.88 bits per heavy atom. The van der Waals surface area contributed by atoms with E-state index in [-0.39, 0.29) is 12.3 Å². The number of carbonyl (C=O) groups is 1. The van der Waals surface area contributed by atoms with E-state index in [0.717, 1.165) is 6.42 Å². The van der Waals surface area contributed by atoms with Gasteiger partial charge in [0.15, 0.2) is 0 Å². The lowest BCUT2D eigenvalue weighted by atomic mass is 10.00. The molecule has 1 unspecified atom stereocenters. The molecule has 0 heterocycles. The third-order valence-corrected chi connectivity index (χ3v) is 2.69. The molecule has 0 aromatic rings. The summed E-state index contributed by atoms with van der Waals surface area (Å²) in [5.74, 6) is -0.376. The zero-order chi connectivity index (χ0) is 12.8. The Labute approximate surface area is 96.9 Å². The van der Waals surface area contributed by atoms with Crippen molar-refractivity contribution in [1.82, 2.24) is 0 Å². The van der Waals surface area contributed by atoms with Crippen LogP contribution in [0.25, 0.3) is 0 Å². The van der Waals surface area contributed by atoms with Gasteiger partial charge in [0, 0.05) is 0 Å². The van der Waals surface area contributed by atoms with E-state index in [9.17, 15) is 13.2 Å². The van der Waals surface area contributed by atoms with Gasteiger partial charge >= 0.3 is 5.97 Å². The van der Waals surface area contributed by atoms with Gasteiger partial charge in [-0.25, -0.2) is 0 Å². The van der Waals surface area contributed by atoms with Gasteiger partial charge in [0.1, 0.15) is 0 Å². The highest BCUT2D eigenvalue weighted by molar-refractivity contribution is 7.85. The topological polar surface area (TPSA) is 80.7 Å². The summed E-state index contributed by atoms with van der Waals surface area (Å²) in [6.07, 6.45) is 0.652. The van der Waals surface area contributed by atoms with Crippen molar-refractivity contribution < 1.29 is 22.5 Å². The van der Waals surface area contributed by atoms with E-state index in [1.165, 1.54) is 0 Å². The molecule has 6 heteroatoms. The smallest absolute Gasteiger partial charge is 0.306 e. The van der Waals surface area contributed by atoms with E-state index in [0.29, 0.717) is 12.5 Å². The summed E-state index contributed by atoms with van der Waals surface area (Å²) < 4.78 is 34.0. The molecule has 1 N–H and O–H groups in total. The first kappa shape index (κ1) is 15.4. The Bertz CT molecular complexity index is 307. The highest BCUT2D eigenvalue weighted by atomic mass is 32.2. The van der Waals surface area contributed by atoms with Crippen LogP contribution in [-0.4, -0.2) is 31.3 Å². The van der Waals surface area contributed by atoms with Gasteiger partial charge in [-0.05, 0) is 18.3 Å². The fourth-order valence-corrected chi connectivity index (χ4v) is 1.82. The number of ether oxygens (including phenoxy) is 1. The summed E-state index contributed by atoms with van der Waals surface area (Å²) in [5.41, 5.74) is 0. The normalized spacial score (nSPS) is 13.8. The minimum absolute atomic E-state index is 0.259. The first-order valence-corrected chi connectivity index (χ1v) is 6.92. The SMILES string of the molecule is CC(C)CC(C)COC(=O)CCS(=O)(=O)O. The lowest BCUT2D eigenvalue weighted by Gasteiger charge is -2.13. The van der Waals surface area contributed by atoms with Crippen LogP contribution in [0.5, 0.6) is 0 Å². The molecule has 0 aliphatic heterocycles. The minimum atomic E-state index is -4.08. The van der Waals surface area contributed by atoms with E-state index in [2.05, 4.69) is 13.8 Å². The predicted molar refractivity (Wildman–Crippen MR) is 60.6 cm³/mol. The van der Waals surface area contributed by atoms with Crippen LogP contribution in [0.2, 0.25) is 0 Å². The lowest BCUT2D eigenvalue weighted by molar-refractivity contribution is -0.144. The molecule has 0 aromatic heterocycles. The highest BCUT2D eigenvalue weighted by Crippen LogP contribution is 2.11. The summed E-state index contributed by atoms with van der Waals surface area (Å²) in [6, 6.07) is 0. The van der Waals surface area contributed by atoms with E-state index >= 15 is 0 Å². The predicted octanol–water partition coefficient (Wildman–Crippen LogP) is 1.49. The van der Waals surface area contributed by atoms with Gasteiger partial charge in [-0.1, -0.05) is 20.8 Å². The number of rotatable bonds is 7. The van der Waals surface area contributed by atoms with Gasteiger partial charge in [0.05, 0.1) is 18.8 Å². The van der Waals surface area contributed by atoms with Crippen molar-refractivity contribution in [3.8, 4) is 0 Å². The van der Waals surface area contributed by atoms with Gasteiger partial charge in [0.25, 0.3) is 10.1 Å². The minimum Gasteiger partial charge on any atom is -0.465 e. The highest BCUT2D eigenvalue weighted by Gasteiger charge is 2.12. The van der Waals surface area contributed by atoms with Gasteiger partial charge < -0.3 is 4.74 Å². The van der Waals surface area contributed by atoms with Crippen LogP contribution in [0.1, 0.15) is 33.6 Å². The maximum Gasteiger partial charge on any atom is 0.306 e. The molecule has 5 nitrogen and oxygen atoms in total. The molecule has 16 heavy (non-hydrogen) atoms. The number of carbonyl (C=O) groups excluding carboxylic acids is 1. The molecular formula is C10H20O5S. The molecule has 0 aromatic carbocycles. The molecule has 0 aliphatic rings. The van der Waals surface area contributed by atoms with E-state index in [1.807, 2.05) is 6.92 Å². The van der Waals surface area contributed by atoms with Crippen molar-refractivity contribution in [2.45, 2.75) is 33.6 Å². The maximum absolute atomic E-state index is 11.1. The molecule has 0 saturated heterocycles. The summed E-state index contributed by atoms with van der Waals surface area (Å²) >= 11 is 0. The zero-order valence-corrected chi connectivity index (χ0v) is 10.8. The molecule has 0 spiro atoms. The van der Waals surface area contributed by atoms with Crippen molar-refractivity contribution in [2.75, 3.05) is 12.4 Å². The maximum atomic E-state index is 11.1. The van der Waals surface area contributed by atoms with Crippen molar-refractivity contribution in [3.63, 3.8) is 0 Å². The summed E-state index contributed by atoms with van der Waals surface area (Å²) in [7, 11) is -4.08. The summed E-state index contributed by atoms with van der Waals surface area (Å²) in [4.78, 5) is 11.1. The Morgan fingerprint density at radius 1 is 1.31 bits per heavy atom. The van der Waals surface area contributed by atoms with Crippen LogP contribution in [0.15, 0.2) is 0 Å². The average molecular weight is 252 g/mol. The number of hydrogen-bond acceptors (Lipinski definition) is 4. The Morgan fingerprint density at radius 3 is 2.31 bits per heavy atom. The van der Waals surface area contributed by atoms with E-state index < -0.39 is 21.8 Å². The average Bonchev–Trinajstić information content (AvgIpc) is 2.09. The largest absolute Gasteiger partial charge is 0.465 e. The lowest BCUT2D eigenvalue weighted by Crippen LogP contribution is -2.16. The second-order valence-corrected chi connectivity index (χ2v) is 6.03. The van der Waals surface area contributed by atoms with Gasteiger partial charge in [0.2, 0.25) is 0 Å². The van der Waals surface area contributed by atoms with Crippen LogP contribution in [0.3, 0.4) is 0 Å². The van der Waals surface area contributed by atoms with Crippen LogP contribution < -0.4 is 0 Å². The van der Waals surface area contributed by atoms with Crippen molar-refractivity contribution in [1.29, 1.82) is 0 Å². The fraction of sp³-hybridized carbons (Fsp3) is 0.900. The molecule has 1 atom stereocenters. The number of esters is 1. The molecule has 0 radical (unpaired) electrons. The quantitative estimate of drug-likeness (QED) is 0.548. The first-order valence-electron chi connectivity index (χ1n) is 5.31. The van der Waals surface area contributed by atoms with Gasteiger partial charge in [-0.2, -0.15) is 8.42 Å². The van der Waals surface area contributed by atoms with Crippen LogP contribution in [0, 0.1) is 11.8 Å². The zero-order valence-electron chi connectivity index (χ0n) is 9.97. The van der Waals surface area contributed by atoms with E-state index in [4.69, 9.17) is 9.29 Å². The monoisotopic (exact) mass is 252 g/mol. The fourth-order valence-electron chi connectivity index (χ4n) is 1.39. The Balaban J connectivity index is 3.73. The molecule has 0 fully saturated rings. The standard InChI is InChI=1S/C10H20O5S/c1-8(2)6-9(3)7-15-10(11)4-5-16(12,13)14/h8-9H,4-7H2,1-3H3,(H,12,13,14). The second kappa shape index (κ2) is 6.85. The molecule has 0 bridgehead atoms. The third kappa shape index (κ3) is 9.92. The second-order valence-electron chi connectivity index (χ2n) is 4.45.